The van der Waals surface area contributed by atoms with E-state index >= 15 is 0 Å². The molecule has 3 rings (SSSR count). The number of carbonyl (C=O) groups is 1. The molecule has 7 heteroatoms. The summed E-state index contributed by atoms with van der Waals surface area (Å²) in [6.45, 7) is 1.86. The Balaban J connectivity index is 1.69. The number of hydrogen-bond donors (Lipinski definition) is 3. The van der Waals surface area contributed by atoms with Gasteiger partial charge in [0.1, 0.15) is 0 Å². The van der Waals surface area contributed by atoms with Gasteiger partial charge in [-0.05, 0) is 49.4 Å². The number of imidazole rings is 1. The number of amides is 1. The van der Waals surface area contributed by atoms with Crippen molar-refractivity contribution in [1.29, 1.82) is 0 Å². The van der Waals surface area contributed by atoms with Crippen LogP contribution in [-0.2, 0) is 4.79 Å². The average molecular weight is 392 g/mol. The highest BCUT2D eigenvalue weighted by Crippen LogP contribution is 2.26. The summed E-state index contributed by atoms with van der Waals surface area (Å²) < 4.78 is 1.01. The topological polar surface area (TPSA) is 77.8 Å². The Morgan fingerprint density at radius 1 is 1.13 bits per heavy atom. The molecule has 1 aromatic heterocycles. The fourth-order valence-corrected chi connectivity index (χ4v) is 3.26. The van der Waals surface area contributed by atoms with E-state index in [0.717, 1.165) is 9.37 Å². The minimum absolute atomic E-state index is 0.0878. The first-order chi connectivity index (χ1) is 11.0. The van der Waals surface area contributed by atoms with E-state index < -0.39 is 0 Å². The summed E-state index contributed by atoms with van der Waals surface area (Å²) in [6.07, 6.45) is 0. The van der Waals surface area contributed by atoms with Crippen molar-refractivity contribution in [1.82, 2.24) is 9.97 Å². The summed E-state index contributed by atoms with van der Waals surface area (Å²) in [5.74, 6) is -0.0878. The zero-order valence-corrected chi connectivity index (χ0v) is 14.6. The van der Waals surface area contributed by atoms with Crippen LogP contribution in [0.25, 0.3) is 11.0 Å². The van der Waals surface area contributed by atoms with E-state index in [4.69, 9.17) is 0 Å². The molecule has 1 heterocycles. The predicted octanol–water partition coefficient (Wildman–Crippen LogP) is 3.74. The van der Waals surface area contributed by atoms with Crippen molar-refractivity contribution in [2.75, 3.05) is 5.32 Å². The quantitative estimate of drug-likeness (QED) is 0.592. The number of nitrogens with one attached hydrogen (secondary N) is 3. The summed E-state index contributed by atoms with van der Waals surface area (Å²) in [6, 6.07) is 13.1. The van der Waals surface area contributed by atoms with E-state index in [1.54, 1.807) is 18.2 Å². The van der Waals surface area contributed by atoms with Crippen LogP contribution in [0.15, 0.2) is 56.6 Å². The molecule has 1 atom stereocenters. The fourth-order valence-electron chi connectivity index (χ4n) is 2.13. The van der Waals surface area contributed by atoms with Gasteiger partial charge < -0.3 is 15.3 Å². The van der Waals surface area contributed by atoms with E-state index in [9.17, 15) is 9.59 Å². The molecule has 0 aliphatic heterocycles. The number of aromatic nitrogens is 2. The second-order valence-corrected chi connectivity index (χ2v) is 7.37. The van der Waals surface area contributed by atoms with Crippen LogP contribution in [0, 0.1) is 0 Å². The summed E-state index contributed by atoms with van der Waals surface area (Å²) >= 11 is 4.88. The SMILES string of the molecule is CC(Sc1ccc(Br)cc1)C(=O)Nc1ccc2[nH]c(=O)[nH]c2c1. The Hall–Kier alpha value is -1.99. The maximum absolute atomic E-state index is 12.3. The molecule has 0 aliphatic rings. The minimum atomic E-state index is -0.261. The molecule has 2 aromatic carbocycles. The van der Waals surface area contributed by atoms with Crippen LogP contribution < -0.4 is 11.0 Å². The van der Waals surface area contributed by atoms with Crippen LogP contribution in [0.2, 0.25) is 0 Å². The predicted molar refractivity (Wildman–Crippen MR) is 97.0 cm³/mol. The number of hydrogen-bond acceptors (Lipinski definition) is 3. The number of rotatable bonds is 4. The molecule has 0 saturated carbocycles. The van der Waals surface area contributed by atoms with Crippen molar-refractivity contribution in [3.05, 3.63) is 57.4 Å². The number of H-pyrrole nitrogens is 2. The van der Waals surface area contributed by atoms with Crippen molar-refractivity contribution < 1.29 is 4.79 Å². The van der Waals surface area contributed by atoms with Gasteiger partial charge in [0.2, 0.25) is 5.91 Å². The van der Waals surface area contributed by atoms with E-state index in [1.807, 2.05) is 31.2 Å². The number of carbonyl (C=O) groups excluding carboxylic acids is 1. The molecule has 3 N–H and O–H groups in total. The van der Waals surface area contributed by atoms with E-state index in [-0.39, 0.29) is 16.8 Å². The molecule has 0 bridgehead atoms. The van der Waals surface area contributed by atoms with Gasteiger partial charge in [0.25, 0.3) is 0 Å². The van der Waals surface area contributed by atoms with Crippen LogP contribution in [0.1, 0.15) is 6.92 Å². The van der Waals surface area contributed by atoms with Gasteiger partial charge in [-0.25, -0.2) is 4.79 Å². The van der Waals surface area contributed by atoms with Gasteiger partial charge in [-0.3, -0.25) is 4.79 Å². The number of aromatic amines is 2. The molecule has 118 valence electrons. The molecule has 23 heavy (non-hydrogen) atoms. The number of anilines is 1. The summed E-state index contributed by atoms with van der Waals surface area (Å²) in [7, 11) is 0. The second-order valence-electron chi connectivity index (χ2n) is 5.04. The van der Waals surface area contributed by atoms with Gasteiger partial charge in [0.15, 0.2) is 0 Å². The number of benzene rings is 2. The first-order valence-corrected chi connectivity index (χ1v) is 8.64. The molecule has 1 unspecified atom stereocenters. The van der Waals surface area contributed by atoms with E-state index in [1.165, 1.54) is 11.8 Å². The summed E-state index contributed by atoms with van der Waals surface area (Å²) in [5.41, 5.74) is 1.77. The largest absolute Gasteiger partial charge is 0.325 e. The maximum atomic E-state index is 12.3. The van der Waals surface area contributed by atoms with E-state index in [2.05, 4.69) is 31.2 Å². The monoisotopic (exact) mass is 391 g/mol. The third-order valence-corrected chi connectivity index (χ3v) is 4.92. The Morgan fingerprint density at radius 3 is 2.57 bits per heavy atom. The molecule has 1 amide bonds. The molecule has 0 aliphatic carbocycles. The average Bonchev–Trinajstić information content (AvgIpc) is 2.88. The van der Waals surface area contributed by atoms with Gasteiger partial charge in [-0.15, -0.1) is 11.8 Å². The standard InChI is InChI=1S/C16H14BrN3O2S/c1-9(23-12-5-2-10(17)3-6-12)15(21)18-11-4-7-13-14(8-11)20-16(22)19-13/h2-9H,1H3,(H,18,21)(H2,19,20,22). The Labute approximate surface area is 145 Å². The van der Waals surface area contributed by atoms with Gasteiger partial charge >= 0.3 is 5.69 Å². The van der Waals surface area contributed by atoms with Gasteiger partial charge in [-0.1, -0.05) is 15.9 Å². The summed E-state index contributed by atoms with van der Waals surface area (Å²) in [4.78, 5) is 29.9. The molecule has 0 spiro atoms. The number of fused-ring (bicyclic) bond motifs is 1. The third kappa shape index (κ3) is 3.86. The highest BCUT2D eigenvalue weighted by atomic mass is 79.9. The zero-order valence-electron chi connectivity index (χ0n) is 12.2. The third-order valence-electron chi connectivity index (χ3n) is 3.28. The lowest BCUT2D eigenvalue weighted by Gasteiger charge is -2.12. The fraction of sp³-hybridized carbons (Fsp3) is 0.125. The second kappa shape index (κ2) is 6.64. The van der Waals surface area contributed by atoms with E-state index in [0.29, 0.717) is 16.7 Å². The maximum Gasteiger partial charge on any atom is 0.323 e. The highest BCUT2D eigenvalue weighted by Gasteiger charge is 2.15. The molecular formula is C16H14BrN3O2S. The molecule has 0 saturated heterocycles. The Morgan fingerprint density at radius 2 is 1.83 bits per heavy atom. The molecule has 5 nitrogen and oxygen atoms in total. The van der Waals surface area contributed by atoms with Gasteiger partial charge in [0, 0.05) is 15.1 Å². The lowest BCUT2D eigenvalue weighted by Crippen LogP contribution is -2.22. The minimum Gasteiger partial charge on any atom is -0.325 e. The van der Waals surface area contributed by atoms with Gasteiger partial charge in [-0.2, -0.15) is 0 Å². The Kier molecular flexibility index (Phi) is 4.58. The first kappa shape index (κ1) is 15.9. The summed E-state index contributed by atoms with van der Waals surface area (Å²) in [5, 5.41) is 2.63. The molecular weight excluding hydrogens is 378 g/mol. The lowest BCUT2D eigenvalue weighted by atomic mass is 10.2. The van der Waals surface area contributed by atoms with Crippen LogP contribution >= 0.6 is 27.7 Å². The highest BCUT2D eigenvalue weighted by molar-refractivity contribution is 9.10. The Bertz CT molecular complexity index is 902. The van der Waals surface area contributed by atoms with Gasteiger partial charge in [0.05, 0.1) is 16.3 Å². The zero-order chi connectivity index (χ0) is 16.4. The first-order valence-electron chi connectivity index (χ1n) is 6.96. The number of thioether (sulfide) groups is 1. The molecule has 3 aromatic rings. The van der Waals surface area contributed by atoms with Crippen LogP contribution in [0.3, 0.4) is 0 Å². The molecule has 0 fully saturated rings. The smallest absolute Gasteiger partial charge is 0.323 e. The van der Waals surface area contributed by atoms with Crippen LogP contribution in [0.5, 0.6) is 0 Å². The number of halogens is 1. The van der Waals surface area contributed by atoms with Crippen molar-refractivity contribution in [3.63, 3.8) is 0 Å². The molecule has 0 radical (unpaired) electrons. The van der Waals surface area contributed by atoms with Crippen LogP contribution in [-0.4, -0.2) is 21.1 Å². The normalized spacial score (nSPS) is 12.3. The van der Waals surface area contributed by atoms with Crippen LogP contribution in [0.4, 0.5) is 5.69 Å². The van der Waals surface area contributed by atoms with Crippen molar-refractivity contribution in [2.45, 2.75) is 17.1 Å². The van der Waals surface area contributed by atoms with Crippen molar-refractivity contribution >= 4 is 50.3 Å². The van der Waals surface area contributed by atoms with Crippen molar-refractivity contribution in [2.24, 2.45) is 0 Å². The lowest BCUT2D eigenvalue weighted by molar-refractivity contribution is -0.115. The van der Waals surface area contributed by atoms with Crippen molar-refractivity contribution in [3.8, 4) is 0 Å².